The average molecular weight is 539 g/mol. The van der Waals surface area contributed by atoms with E-state index >= 15 is 4.39 Å². The summed E-state index contributed by atoms with van der Waals surface area (Å²) in [5.41, 5.74) is 7.12. The Morgan fingerprint density at radius 1 is 1.24 bits per heavy atom. The number of benzene rings is 1. The van der Waals surface area contributed by atoms with E-state index in [0.717, 1.165) is 5.57 Å². The molecule has 3 amide bonds. The minimum Gasteiger partial charge on any atom is -0.396 e. The summed E-state index contributed by atoms with van der Waals surface area (Å²) in [4.78, 5) is 37.3. The van der Waals surface area contributed by atoms with E-state index in [1.807, 2.05) is 0 Å². The van der Waals surface area contributed by atoms with E-state index in [1.54, 1.807) is 43.3 Å². The Balaban J connectivity index is 1.35. The molecule has 8 nitrogen and oxygen atoms in total. The highest BCUT2D eigenvalue weighted by Gasteiger charge is 2.51. The number of halogens is 2. The number of nitrogens with two attached hydrogens (primary N) is 1. The number of aromatic nitrogens is 2. The van der Waals surface area contributed by atoms with Crippen LogP contribution in [0.1, 0.15) is 25.7 Å². The van der Waals surface area contributed by atoms with Crippen LogP contribution in [0.15, 0.2) is 48.4 Å². The van der Waals surface area contributed by atoms with E-state index < -0.39 is 11.4 Å². The molecule has 2 aromatic heterocycles. The van der Waals surface area contributed by atoms with Crippen LogP contribution in [0, 0.1) is 5.82 Å². The van der Waals surface area contributed by atoms with Crippen LogP contribution in [-0.4, -0.2) is 56.3 Å². The number of nitrogen functional groups attached to an aromatic ring is 1. The molecule has 2 aliphatic rings. The molecule has 190 valence electrons. The number of pyridine rings is 2. The van der Waals surface area contributed by atoms with Crippen molar-refractivity contribution in [1.82, 2.24) is 19.8 Å². The Labute approximate surface area is 223 Å². The number of anilines is 2. The lowest BCUT2D eigenvalue weighted by Crippen LogP contribution is -2.48. The Kier molecular flexibility index (Phi) is 6.33. The molecule has 2 fully saturated rings. The first-order valence-corrected chi connectivity index (χ1v) is 12.4. The maximum atomic E-state index is 15.0. The third-order valence-corrected chi connectivity index (χ3v) is 8.26. The zero-order valence-corrected chi connectivity index (χ0v) is 21.8. The summed E-state index contributed by atoms with van der Waals surface area (Å²) >= 11 is 11.8. The molecule has 1 spiro atoms. The van der Waals surface area contributed by atoms with Gasteiger partial charge in [0.2, 0.25) is 5.91 Å². The second-order valence-corrected chi connectivity index (χ2v) is 10.1. The Bertz CT molecular complexity index is 1500. The standard InChI is InChI=1S/C26H24ClFN6O2S/c1-33-24(37)26(34(2)25(33)36)6-3-14(4-7-26)9-21(35)32-20-11-15-10-16(18-12-30-8-5-19(18)27)22(28)23(29)17(15)13-31-20/h5,8-13H,3-4,6-7,29H2,1-2H3,(H,31,32,35). The highest BCUT2D eigenvalue weighted by atomic mass is 35.5. The molecule has 11 heteroatoms. The number of nitrogens with one attached hydrogen (secondary N) is 1. The molecule has 1 aromatic carbocycles. The quantitative estimate of drug-likeness (QED) is 0.271. The van der Waals surface area contributed by atoms with Crippen LogP contribution in [-0.2, 0) is 4.79 Å². The van der Waals surface area contributed by atoms with Gasteiger partial charge < -0.3 is 16.0 Å². The molecule has 0 radical (unpaired) electrons. The Hall–Kier alpha value is -3.63. The fourth-order valence-electron chi connectivity index (χ4n) is 5.11. The molecule has 0 bridgehead atoms. The van der Waals surface area contributed by atoms with Crippen LogP contribution in [0.4, 0.5) is 20.7 Å². The molecule has 3 N–H and O–H groups in total. The number of carbonyl (C=O) groups excluding carboxylic acids is 2. The minimum absolute atomic E-state index is 0.0602. The number of rotatable bonds is 3. The molecule has 1 saturated carbocycles. The monoisotopic (exact) mass is 538 g/mol. The molecule has 1 aliphatic carbocycles. The maximum absolute atomic E-state index is 15.0. The second-order valence-electron chi connectivity index (χ2n) is 9.33. The van der Waals surface area contributed by atoms with Gasteiger partial charge in [0.25, 0.3) is 0 Å². The van der Waals surface area contributed by atoms with E-state index in [0.29, 0.717) is 57.8 Å². The number of carbonyl (C=O) groups is 2. The van der Waals surface area contributed by atoms with Gasteiger partial charge in [0.15, 0.2) is 5.82 Å². The summed E-state index contributed by atoms with van der Waals surface area (Å²) in [6.45, 7) is 0. The molecule has 0 unspecified atom stereocenters. The van der Waals surface area contributed by atoms with Crippen molar-refractivity contribution in [3.8, 4) is 11.1 Å². The van der Waals surface area contributed by atoms with Gasteiger partial charge >= 0.3 is 6.03 Å². The van der Waals surface area contributed by atoms with Gasteiger partial charge in [-0.2, -0.15) is 0 Å². The molecular formula is C26H24ClFN6O2S. The van der Waals surface area contributed by atoms with Crippen molar-refractivity contribution in [2.24, 2.45) is 0 Å². The fraction of sp³-hybridized carbons (Fsp3) is 0.269. The van der Waals surface area contributed by atoms with Crippen LogP contribution in [0.5, 0.6) is 0 Å². The number of likely N-dealkylation sites (N-methyl/N-ethyl adjacent to an activating group) is 2. The number of fused-ring (bicyclic) bond motifs is 1. The van der Waals surface area contributed by atoms with Crippen molar-refractivity contribution < 1.29 is 14.0 Å². The van der Waals surface area contributed by atoms with Gasteiger partial charge in [0, 0.05) is 55.3 Å². The molecule has 3 heterocycles. The van der Waals surface area contributed by atoms with Gasteiger partial charge in [-0.15, -0.1) is 0 Å². The largest absolute Gasteiger partial charge is 0.396 e. The first kappa shape index (κ1) is 25.0. The van der Waals surface area contributed by atoms with Crippen LogP contribution in [0.3, 0.4) is 0 Å². The van der Waals surface area contributed by atoms with Crippen molar-refractivity contribution in [3.63, 3.8) is 0 Å². The summed E-state index contributed by atoms with van der Waals surface area (Å²) in [5.74, 6) is -0.625. The number of urea groups is 1. The predicted molar refractivity (Wildman–Crippen MR) is 146 cm³/mol. The van der Waals surface area contributed by atoms with Crippen molar-refractivity contribution >= 4 is 63.0 Å². The lowest BCUT2D eigenvalue weighted by atomic mass is 9.78. The van der Waals surface area contributed by atoms with Crippen LogP contribution >= 0.6 is 23.8 Å². The normalized spacial score (nSPS) is 19.7. The van der Waals surface area contributed by atoms with E-state index in [4.69, 9.17) is 29.6 Å². The van der Waals surface area contributed by atoms with Crippen molar-refractivity contribution in [2.45, 2.75) is 31.2 Å². The Morgan fingerprint density at radius 3 is 2.62 bits per heavy atom. The zero-order chi connectivity index (χ0) is 26.5. The number of nitrogens with zero attached hydrogens (tertiary/aromatic N) is 4. The summed E-state index contributed by atoms with van der Waals surface area (Å²) in [6.07, 6.45) is 8.61. The predicted octanol–water partition coefficient (Wildman–Crippen LogP) is 5.17. The highest BCUT2D eigenvalue weighted by Crippen LogP contribution is 2.41. The summed E-state index contributed by atoms with van der Waals surface area (Å²) in [7, 11) is 3.47. The van der Waals surface area contributed by atoms with Crippen molar-refractivity contribution in [1.29, 1.82) is 0 Å². The van der Waals surface area contributed by atoms with E-state index in [1.165, 1.54) is 23.5 Å². The average Bonchev–Trinajstić information content (AvgIpc) is 3.04. The molecule has 1 saturated heterocycles. The second kappa shape index (κ2) is 9.35. The summed E-state index contributed by atoms with van der Waals surface area (Å²) in [6, 6.07) is 4.72. The van der Waals surface area contributed by atoms with Gasteiger partial charge in [-0.05, 0) is 49.3 Å². The number of hydrogen-bond donors (Lipinski definition) is 2. The van der Waals surface area contributed by atoms with Gasteiger partial charge in [-0.3, -0.25) is 14.7 Å². The van der Waals surface area contributed by atoms with Gasteiger partial charge in [-0.25, -0.2) is 14.2 Å². The van der Waals surface area contributed by atoms with Crippen LogP contribution in [0.2, 0.25) is 5.02 Å². The molecule has 1 aliphatic heterocycles. The molecule has 5 rings (SSSR count). The minimum atomic E-state index is -0.610. The lowest BCUT2D eigenvalue weighted by Gasteiger charge is -2.38. The van der Waals surface area contributed by atoms with E-state index in [-0.39, 0.29) is 23.2 Å². The highest BCUT2D eigenvalue weighted by molar-refractivity contribution is 7.80. The van der Waals surface area contributed by atoms with E-state index in [2.05, 4.69) is 15.3 Å². The lowest BCUT2D eigenvalue weighted by molar-refractivity contribution is -0.112. The third kappa shape index (κ3) is 4.19. The number of thiocarbonyl (C=S) groups is 1. The molecule has 37 heavy (non-hydrogen) atoms. The maximum Gasteiger partial charge on any atom is 0.325 e. The van der Waals surface area contributed by atoms with E-state index in [9.17, 15) is 9.59 Å². The number of amides is 3. The zero-order valence-electron chi connectivity index (χ0n) is 20.2. The number of hydrogen-bond acceptors (Lipinski definition) is 6. The molecule has 3 aromatic rings. The SMILES string of the molecule is CN1C(=O)N(C)C2(CCC(=CC(=O)Nc3cc4cc(-c5cnccc5Cl)c(F)c(N)c4cn3)CC2)C1=S. The van der Waals surface area contributed by atoms with Gasteiger partial charge in [0.05, 0.1) is 16.2 Å². The van der Waals surface area contributed by atoms with Crippen molar-refractivity contribution in [3.05, 3.63) is 59.3 Å². The van der Waals surface area contributed by atoms with Crippen LogP contribution < -0.4 is 11.1 Å². The smallest absolute Gasteiger partial charge is 0.325 e. The number of allylic oxidation sites excluding steroid dienone is 1. The molecular weight excluding hydrogens is 515 g/mol. The topological polar surface area (TPSA) is 104 Å². The van der Waals surface area contributed by atoms with Crippen molar-refractivity contribution in [2.75, 3.05) is 25.1 Å². The van der Waals surface area contributed by atoms with Crippen LogP contribution in [0.25, 0.3) is 21.9 Å². The molecule has 0 atom stereocenters. The third-order valence-electron chi connectivity index (χ3n) is 7.28. The van der Waals surface area contributed by atoms with Gasteiger partial charge in [0.1, 0.15) is 10.8 Å². The Morgan fingerprint density at radius 2 is 1.97 bits per heavy atom. The first-order valence-electron chi connectivity index (χ1n) is 11.7. The summed E-state index contributed by atoms with van der Waals surface area (Å²) < 4.78 is 15.0. The summed E-state index contributed by atoms with van der Waals surface area (Å²) in [5, 5.41) is 4.14. The first-order chi connectivity index (χ1) is 17.6. The van der Waals surface area contributed by atoms with Gasteiger partial charge in [-0.1, -0.05) is 29.4 Å². The fourth-order valence-corrected chi connectivity index (χ4v) is 5.74.